The molecular formula is C16H17ClN4O2. The topological polar surface area (TPSA) is 99.2 Å². The fraction of sp³-hybridized carbons (Fsp3) is 0.312. The van der Waals surface area contributed by atoms with Gasteiger partial charge in [0.25, 0.3) is 5.91 Å². The van der Waals surface area contributed by atoms with Crippen LogP contribution in [0.4, 0.5) is 5.69 Å². The standard InChI is InChI=1S/C16H17ClN4O2/c17-13-2-1-3-14(8-13)20-16(23)12(9-18)10-21-6-4-11(5-7-21)15(19)22/h1-3,8,10-11H,4-7H2,(H2,19,22)(H,20,23)/b12-10+. The Hall–Kier alpha value is -2.52. The summed E-state index contributed by atoms with van der Waals surface area (Å²) in [7, 11) is 0. The van der Waals surface area contributed by atoms with Gasteiger partial charge < -0.3 is 16.0 Å². The quantitative estimate of drug-likeness (QED) is 0.649. The number of piperidine rings is 1. The maximum Gasteiger partial charge on any atom is 0.267 e. The summed E-state index contributed by atoms with van der Waals surface area (Å²) in [5.74, 6) is -0.926. The fourth-order valence-corrected chi connectivity index (χ4v) is 2.59. The smallest absolute Gasteiger partial charge is 0.267 e. The zero-order chi connectivity index (χ0) is 16.8. The van der Waals surface area contributed by atoms with E-state index in [1.165, 1.54) is 6.20 Å². The van der Waals surface area contributed by atoms with Crippen molar-refractivity contribution < 1.29 is 9.59 Å². The molecule has 6 nitrogen and oxygen atoms in total. The van der Waals surface area contributed by atoms with Crippen LogP contribution in [-0.4, -0.2) is 29.8 Å². The molecule has 120 valence electrons. The molecule has 2 rings (SSSR count). The predicted molar refractivity (Wildman–Crippen MR) is 87.3 cm³/mol. The molecule has 1 fully saturated rings. The molecule has 0 unspecified atom stereocenters. The van der Waals surface area contributed by atoms with Gasteiger partial charge in [0, 0.05) is 35.9 Å². The van der Waals surface area contributed by atoms with E-state index in [2.05, 4.69) is 5.32 Å². The Labute approximate surface area is 139 Å². The Bertz CT molecular complexity index is 673. The highest BCUT2D eigenvalue weighted by molar-refractivity contribution is 6.31. The van der Waals surface area contributed by atoms with Crippen molar-refractivity contribution >= 4 is 29.1 Å². The van der Waals surface area contributed by atoms with Gasteiger partial charge in [0.1, 0.15) is 11.6 Å². The number of rotatable bonds is 4. The summed E-state index contributed by atoms with van der Waals surface area (Å²) in [6.45, 7) is 1.17. The molecule has 1 aliphatic heterocycles. The van der Waals surface area contributed by atoms with Gasteiger partial charge in [-0.1, -0.05) is 17.7 Å². The molecule has 1 aromatic rings. The SMILES string of the molecule is N#C/C(=C\N1CCC(C(N)=O)CC1)C(=O)Nc1cccc(Cl)c1. The zero-order valence-corrected chi connectivity index (χ0v) is 13.2. The van der Waals surface area contributed by atoms with E-state index in [1.54, 1.807) is 24.3 Å². The fourth-order valence-electron chi connectivity index (χ4n) is 2.40. The first kappa shape index (κ1) is 16.8. The minimum atomic E-state index is -0.494. The first-order chi connectivity index (χ1) is 11.0. The lowest BCUT2D eigenvalue weighted by Gasteiger charge is -2.29. The summed E-state index contributed by atoms with van der Waals surface area (Å²) >= 11 is 5.86. The summed E-state index contributed by atoms with van der Waals surface area (Å²) in [6, 6.07) is 8.60. The third-order valence-electron chi connectivity index (χ3n) is 3.69. The minimum absolute atomic E-state index is 0.00232. The molecule has 23 heavy (non-hydrogen) atoms. The molecular weight excluding hydrogens is 316 g/mol. The number of hydrogen-bond acceptors (Lipinski definition) is 4. The molecule has 0 radical (unpaired) electrons. The Morgan fingerprint density at radius 3 is 2.65 bits per heavy atom. The monoisotopic (exact) mass is 332 g/mol. The van der Waals surface area contributed by atoms with E-state index in [-0.39, 0.29) is 17.4 Å². The second kappa shape index (κ2) is 7.65. The number of nitriles is 1. The van der Waals surface area contributed by atoms with Crippen molar-refractivity contribution in [2.24, 2.45) is 11.7 Å². The molecule has 3 N–H and O–H groups in total. The Morgan fingerprint density at radius 1 is 1.39 bits per heavy atom. The number of nitrogens with two attached hydrogens (primary N) is 1. The van der Waals surface area contributed by atoms with Gasteiger partial charge in [-0.2, -0.15) is 5.26 Å². The van der Waals surface area contributed by atoms with Crippen LogP contribution in [0.2, 0.25) is 5.02 Å². The second-order valence-corrected chi connectivity index (χ2v) is 5.77. The maximum absolute atomic E-state index is 12.2. The number of carbonyl (C=O) groups is 2. The van der Waals surface area contributed by atoms with Gasteiger partial charge in [0.15, 0.2) is 0 Å². The Balaban J connectivity index is 2.00. The van der Waals surface area contributed by atoms with Gasteiger partial charge in [-0.3, -0.25) is 9.59 Å². The summed E-state index contributed by atoms with van der Waals surface area (Å²) in [6.07, 6.45) is 2.78. The molecule has 1 saturated heterocycles. The van der Waals surface area contributed by atoms with Crippen LogP contribution in [0.5, 0.6) is 0 Å². The van der Waals surface area contributed by atoms with Crippen LogP contribution < -0.4 is 11.1 Å². The number of amides is 2. The van der Waals surface area contributed by atoms with E-state index in [9.17, 15) is 14.9 Å². The average molecular weight is 333 g/mol. The van der Waals surface area contributed by atoms with Crippen LogP contribution in [0.25, 0.3) is 0 Å². The molecule has 0 saturated carbocycles. The van der Waals surface area contributed by atoms with E-state index in [1.807, 2.05) is 11.0 Å². The first-order valence-electron chi connectivity index (χ1n) is 7.22. The van der Waals surface area contributed by atoms with Crippen molar-refractivity contribution in [3.63, 3.8) is 0 Å². The normalized spacial score (nSPS) is 15.8. The number of hydrogen-bond donors (Lipinski definition) is 2. The summed E-state index contributed by atoms with van der Waals surface area (Å²) in [4.78, 5) is 25.2. The highest BCUT2D eigenvalue weighted by Gasteiger charge is 2.22. The van der Waals surface area contributed by atoms with Gasteiger partial charge in [0.2, 0.25) is 5.91 Å². The van der Waals surface area contributed by atoms with Gasteiger partial charge >= 0.3 is 0 Å². The van der Waals surface area contributed by atoms with Gasteiger partial charge in [-0.25, -0.2) is 0 Å². The van der Waals surface area contributed by atoms with Crippen LogP contribution in [0, 0.1) is 17.2 Å². The van der Waals surface area contributed by atoms with Crippen LogP contribution in [-0.2, 0) is 9.59 Å². The summed E-state index contributed by atoms with van der Waals surface area (Å²) in [5, 5.41) is 12.3. The molecule has 0 aromatic heterocycles. The van der Waals surface area contributed by atoms with Crippen LogP contribution in [0.1, 0.15) is 12.8 Å². The van der Waals surface area contributed by atoms with Crippen molar-refractivity contribution in [3.8, 4) is 6.07 Å². The first-order valence-corrected chi connectivity index (χ1v) is 7.59. The lowest BCUT2D eigenvalue weighted by molar-refractivity contribution is -0.123. The van der Waals surface area contributed by atoms with Gasteiger partial charge in [-0.05, 0) is 31.0 Å². The largest absolute Gasteiger partial charge is 0.376 e. The van der Waals surface area contributed by atoms with Crippen molar-refractivity contribution in [1.82, 2.24) is 4.90 Å². The third-order valence-corrected chi connectivity index (χ3v) is 3.93. The van der Waals surface area contributed by atoms with E-state index < -0.39 is 5.91 Å². The average Bonchev–Trinajstić information content (AvgIpc) is 2.53. The molecule has 1 aliphatic rings. The minimum Gasteiger partial charge on any atom is -0.376 e. The number of halogens is 1. The number of benzene rings is 1. The van der Waals surface area contributed by atoms with E-state index in [0.717, 1.165) is 0 Å². The summed E-state index contributed by atoms with van der Waals surface area (Å²) in [5.41, 5.74) is 5.81. The van der Waals surface area contributed by atoms with Crippen molar-refractivity contribution in [2.75, 3.05) is 18.4 Å². The molecule has 0 aliphatic carbocycles. The highest BCUT2D eigenvalue weighted by atomic mass is 35.5. The molecule has 0 bridgehead atoms. The number of anilines is 1. The van der Waals surface area contributed by atoms with Crippen molar-refractivity contribution in [2.45, 2.75) is 12.8 Å². The highest BCUT2D eigenvalue weighted by Crippen LogP contribution is 2.18. The molecule has 0 spiro atoms. The van der Waals surface area contributed by atoms with E-state index in [4.69, 9.17) is 17.3 Å². The van der Waals surface area contributed by atoms with Crippen LogP contribution in [0.15, 0.2) is 36.0 Å². The molecule has 2 amide bonds. The van der Waals surface area contributed by atoms with Crippen molar-refractivity contribution in [1.29, 1.82) is 5.26 Å². The van der Waals surface area contributed by atoms with Crippen LogP contribution in [0.3, 0.4) is 0 Å². The number of nitrogens with one attached hydrogen (secondary N) is 1. The van der Waals surface area contributed by atoms with Crippen molar-refractivity contribution in [3.05, 3.63) is 41.1 Å². The van der Waals surface area contributed by atoms with Gasteiger partial charge in [-0.15, -0.1) is 0 Å². The summed E-state index contributed by atoms with van der Waals surface area (Å²) < 4.78 is 0. The van der Waals surface area contributed by atoms with Gasteiger partial charge in [0.05, 0.1) is 0 Å². The number of carbonyl (C=O) groups excluding carboxylic acids is 2. The predicted octanol–water partition coefficient (Wildman–Crippen LogP) is 1.88. The number of nitrogens with zero attached hydrogens (tertiary/aromatic N) is 2. The molecule has 0 atom stereocenters. The molecule has 1 heterocycles. The van der Waals surface area contributed by atoms with E-state index in [0.29, 0.717) is 36.6 Å². The van der Waals surface area contributed by atoms with E-state index >= 15 is 0 Å². The zero-order valence-electron chi connectivity index (χ0n) is 12.5. The second-order valence-electron chi connectivity index (χ2n) is 5.33. The molecule has 1 aromatic carbocycles. The molecule has 7 heteroatoms. The lowest BCUT2D eigenvalue weighted by Crippen LogP contribution is -2.36. The Morgan fingerprint density at radius 2 is 2.09 bits per heavy atom. The van der Waals surface area contributed by atoms with Crippen LogP contribution >= 0.6 is 11.6 Å². The maximum atomic E-state index is 12.2. The third kappa shape index (κ3) is 4.73. The number of likely N-dealkylation sites (tertiary alicyclic amines) is 1. The lowest BCUT2D eigenvalue weighted by atomic mass is 9.96. The number of primary amides is 1. The Kier molecular flexibility index (Phi) is 5.61.